The van der Waals surface area contributed by atoms with E-state index in [2.05, 4.69) is 21.5 Å². The molecule has 0 radical (unpaired) electrons. The normalized spacial score (nSPS) is 12.1. The Balaban J connectivity index is 4.07. The maximum absolute atomic E-state index is 11.6. The molecule has 0 spiro atoms. The predicted octanol–water partition coefficient (Wildman–Crippen LogP) is 0.415. The zero-order valence-electron chi connectivity index (χ0n) is 11.9. The zero-order valence-corrected chi connectivity index (χ0v) is 12.7. The Morgan fingerprint density at radius 2 is 1.84 bits per heavy atom. The number of nitrogens with one attached hydrogen (secondary N) is 4. The molecule has 0 aliphatic heterocycles. The van der Waals surface area contributed by atoms with E-state index >= 15 is 0 Å². The number of amides is 2. The fraction of sp³-hybridized carbons (Fsp3) is 0.727. The molecule has 0 aliphatic carbocycles. The largest absolute Gasteiger partial charge is 0.444 e. The van der Waals surface area contributed by atoms with Crippen LogP contribution < -0.4 is 21.5 Å². The van der Waals surface area contributed by atoms with Gasteiger partial charge in [-0.05, 0) is 46.8 Å². The highest BCUT2D eigenvalue weighted by molar-refractivity contribution is 7.80. The summed E-state index contributed by atoms with van der Waals surface area (Å²) in [4.78, 5) is 23.1. The summed E-state index contributed by atoms with van der Waals surface area (Å²) in [5, 5.41) is 5.53. The van der Waals surface area contributed by atoms with Crippen LogP contribution >= 0.6 is 12.2 Å². The van der Waals surface area contributed by atoms with Crippen LogP contribution in [0, 0.1) is 0 Å². The van der Waals surface area contributed by atoms with E-state index in [1.165, 1.54) is 6.92 Å². The van der Waals surface area contributed by atoms with Crippen molar-refractivity contribution in [2.24, 2.45) is 0 Å². The first-order valence-corrected chi connectivity index (χ1v) is 6.39. The van der Waals surface area contributed by atoms with Gasteiger partial charge in [0.05, 0.1) is 0 Å². The van der Waals surface area contributed by atoms with E-state index in [0.717, 1.165) is 0 Å². The Morgan fingerprint density at radius 3 is 2.32 bits per heavy atom. The predicted molar refractivity (Wildman–Crippen MR) is 76.4 cm³/mol. The van der Waals surface area contributed by atoms with Gasteiger partial charge >= 0.3 is 6.09 Å². The smallest absolute Gasteiger partial charge is 0.408 e. The maximum Gasteiger partial charge on any atom is 0.408 e. The Morgan fingerprint density at radius 1 is 1.26 bits per heavy atom. The van der Waals surface area contributed by atoms with Crippen LogP contribution in [0.3, 0.4) is 0 Å². The van der Waals surface area contributed by atoms with Gasteiger partial charge < -0.3 is 15.4 Å². The lowest BCUT2D eigenvalue weighted by atomic mass is 10.2. The molecule has 0 heterocycles. The highest BCUT2D eigenvalue weighted by atomic mass is 32.1. The summed E-state index contributed by atoms with van der Waals surface area (Å²) in [6.07, 6.45) is -0.649. The molecule has 0 aromatic rings. The van der Waals surface area contributed by atoms with Crippen molar-refractivity contribution in [2.75, 3.05) is 6.54 Å². The zero-order chi connectivity index (χ0) is 15.1. The Labute approximate surface area is 118 Å². The number of hydrogen-bond donors (Lipinski definition) is 4. The third kappa shape index (κ3) is 9.06. The minimum absolute atomic E-state index is 0.306. The average molecular weight is 290 g/mol. The van der Waals surface area contributed by atoms with Crippen molar-refractivity contribution in [3.8, 4) is 0 Å². The van der Waals surface area contributed by atoms with Crippen LogP contribution in [-0.4, -0.2) is 35.3 Å². The summed E-state index contributed by atoms with van der Waals surface area (Å²) >= 11 is 4.87. The molecule has 0 bridgehead atoms. The number of hydrogen-bond acceptors (Lipinski definition) is 4. The van der Waals surface area contributed by atoms with Crippen LogP contribution in [0.4, 0.5) is 4.79 Å². The van der Waals surface area contributed by atoms with Crippen molar-refractivity contribution in [3.05, 3.63) is 0 Å². The summed E-state index contributed by atoms with van der Waals surface area (Å²) < 4.78 is 5.03. The average Bonchev–Trinajstić information content (AvgIpc) is 2.23. The second-order valence-electron chi connectivity index (χ2n) is 4.84. The van der Waals surface area contributed by atoms with Crippen LogP contribution in [0.15, 0.2) is 0 Å². The summed E-state index contributed by atoms with van der Waals surface area (Å²) in [5.74, 6) is -0.425. The molecule has 0 aromatic heterocycles. The van der Waals surface area contributed by atoms with E-state index < -0.39 is 23.6 Å². The Bertz CT molecular complexity index is 341. The van der Waals surface area contributed by atoms with E-state index in [1.54, 1.807) is 20.8 Å². The van der Waals surface area contributed by atoms with Gasteiger partial charge in [0, 0.05) is 6.54 Å². The third-order valence-electron chi connectivity index (χ3n) is 1.76. The summed E-state index contributed by atoms with van der Waals surface area (Å²) in [7, 11) is 0. The van der Waals surface area contributed by atoms with Gasteiger partial charge in [-0.1, -0.05) is 0 Å². The van der Waals surface area contributed by atoms with Crippen LogP contribution in [0.5, 0.6) is 0 Å². The van der Waals surface area contributed by atoms with Gasteiger partial charge in [0.1, 0.15) is 11.6 Å². The van der Waals surface area contributed by atoms with Crippen molar-refractivity contribution in [1.82, 2.24) is 21.5 Å². The molecule has 0 aliphatic rings. The number of carbonyl (C=O) groups excluding carboxylic acids is 2. The quantitative estimate of drug-likeness (QED) is 0.445. The van der Waals surface area contributed by atoms with Crippen molar-refractivity contribution in [1.29, 1.82) is 0 Å². The first-order valence-electron chi connectivity index (χ1n) is 5.99. The molecule has 8 heteroatoms. The number of hydrazine groups is 1. The van der Waals surface area contributed by atoms with Crippen LogP contribution in [0.1, 0.15) is 34.6 Å². The summed E-state index contributed by atoms with van der Waals surface area (Å²) in [6.45, 7) is 9.29. The standard InChI is InChI=1S/C11H22N4O3S/c1-6-12-9(19)15-14-8(16)7(2)13-10(17)18-11(3,4)5/h7H,6H2,1-5H3,(H,13,17)(H,14,16)(H2,12,15,19). The molecule has 1 atom stereocenters. The third-order valence-corrected chi connectivity index (χ3v) is 2.01. The molecular weight excluding hydrogens is 268 g/mol. The second-order valence-corrected chi connectivity index (χ2v) is 5.25. The van der Waals surface area contributed by atoms with Gasteiger partial charge in [0.2, 0.25) is 0 Å². The van der Waals surface area contributed by atoms with Gasteiger partial charge in [0.15, 0.2) is 5.11 Å². The lowest BCUT2D eigenvalue weighted by Crippen LogP contribution is -2.53. The van der Waals surface area contributed by atoms with E-state index in [-0.39, 0.29) is 0 Å². The van der Waals surface area contributed by atoms with Crippen molar-refractivity contribution in [3.63, 3.8) is 0 Å². The lowest BCUT2D eigenvalue weighted by Gasteiger charge is -2.21. The molecule has 1 unspecified atom stereocenters. The molecule has 7 nitrogen and oxygen atoms in total. The number of ether oxygens (including phenoxy) is 1. The highest BCUT2D eigenvalue weighted by Gasteiger charge is 2.20. The molecule has 0 aromatic carbocycles. The lowest BCUT2D eigenvalue weighted by molar-refractivity contribution is -0.123. The van der Waals surface area contributed by atoms with E-state index in [0.29, 0.717) is 11.7 Å². The van der Waals surface area contributed by atoms with Gasteiger partial charge in [-0.25, -0.2) is 4.79 Å². The first kappa shape index (κ1) is 17.4. The second kappa shape index (κ2) is 7.78. The van der Waals surface area contributed by atoms with Crippen LogP contribution in [0.25, 0.3) is 0 Å². The fourth-order valence-corrected chi connectivity index (χ4v) is 1.18. The van der Waals surface area contributed by atoms with E-state index in [9.17, 15) is 9.59 Å². The minimum Gasteiger partial charge on any atom is -0.444 e. The van der Waals surface area contributed by atoms with Crippen LogP contribution in [-0.2, 0) is 9.53 Å². The molecule has 19 heavy (non-hydrogen) atoms. The van der Waals surface area contributed by atoms with E-state index in [1.807, 2.05) is 6.92 Å². The number of alkyl carbamates (subject to hydrolysis) is 1. The van der Waals surface area contributed by atoms with Gasteiger partial charge in [-0.15, -0.1) is 0 Å². The molecule has 4 N–H and O–H groups in total. The van der Waals surface area contributed by atoms with Crippen LogP contribution in [0.2, 0.25) is 0 Å². The summed E-state index contributed by atoms with van der Waals surface area (Å²) in [5.41, 5.74) is 4.28. The molecule has 0 saturated carbocycles. The fourth-order valence-electron chi connectivity index (χ4n) is 0.981. The molecular formula is C11H22N4O3S. The summed E-state index contributed by atoms with van der Waals surface area (Å²) in [6, 6.07) is -0.744. The van der Waals surface area contributed by atoms with E-state index in [4.69, 9.17) is 17.0 Å². The number of thiocarbonyl (C=S) groups is 1. The SMILES string of the molecule is CCNC(=S)NNC(=O)C(C)NC(=O)OC(C)(C)C. The van der Waals surface area contributed by atoms with Gasteiger partial charge in [-0.3, -0.25) is 15.6 Å². The monoisotopic (exact) mass is 290 g/mol. The molecule has 0 fully saturated rings. The van der Waals surface area contributed by atoms with Gasteiger partial charge in [-0.2, -0.15) is 0 Å². The Hall–Kier alpha value is -1.57. The maximum atomic E-state index is 11.6. The highest BCUT2D eigenvalue weighted by Crippen LogP contribution is 2.06. The number of carbonyl (C=O) groups is 2. The van der Waals surface area contributed by atoms with Crippen molar-refractivity contribution >= 4 is 29.3 Å². The molecule has 2 amide bonds. The minimum atomic E-state index is -0.744. The Kier molecular flexibility index (Phi) is 7.13. The molecule has 0 rings (SSSR count). The van der Waals surface area contributed by atoms with Crippen molar-refractivity contribution < 1.29 is 14.3 Å². The first-order chi connectivity index (χ1) is 8.65. The molecule has 110 valence electrons. The van der Waals surface area contributed by atoms with Gasteiger partial charge in [0.25, 0.3) is 5.91 Å². The number of rotatable bonds is 3. The topological polar surface area (TPSA) is 91.5 Å². The van der Waals surface area contributed by atoms with Crippen molar-refractivity contribution in [2.45, 2.75) is 46.3 Å². The molecule has 0 saturated heterocycles.